The first kappa shape index (κ1) is 24.4. The van der Waals surface area contributed by atoms with Gasteiger partial charge >= 0.3 is 153 Å². The van der Waals surface area contributed by atoms with Crippen LogP contribution in [0.4, 0.5) is 0 Å². The van der Waals surface area contributed by atoms with Gasteiger partial charge in [-0.05, 0) is 6.92 Å². The molecule has 5 heteroatoms. The van der Waals surface area contributed by atoms with E-state index in [0.717, 1.165) is 0 Å². The number of benzene rings is 3. The summed E-state index contributed by atoms with van der Waals surface area (Å²) in [5, 5.41) is 16.1. The van der Waals surface area contributed by atoms with E-state index in [0.29, 0.717) is 6.08 Å². The second-order valence-corrected chi connectivity index (χ2v) is 15.8. The molecule has 0 atom stereocenters. The van der Waals surface area contributed by atoms with Crippen molar-refractivity contribution in [1.82, 2.24) is 0 Å². The van der Waals surface area contributed by atoms with Crippen LogP contribution in [0.2, 0.25) is 0 Å². The molecule has 0 aliphatic carbocycles. The van der Waals surface area contributed by atoms with Gasteiger partial charge in [-0.15, -0.1) is 0 Å². The van der Waals surface area contributed by atoms with Crippen molar-refractivity contribution in [2.24, 2.45) is 0 Å². The molecule has 0 aliphatic rings. The van der Waals surface area contributed by atoms with E-state index >= 15 is 0 Å². The zero-order valence-electron chi connectivity index (χ0n) is 17.6. The summed E-state index contributed by atoms with van der Waals surface area (Å²) in [6, 6.07) is 33.1. The number of hydrogen-bond acceptors (Lipinski definition) is 2. The van der Waals surface area contributed by atoms with Crippen LogP contribution in [0.5, 0.6) is 0 Å². The van der Waals surface area contributed by atoms with Gasteiger partial charge in [0.15, 0.2) is 0 Å². The van der Waals surface area contributed by atoms with Crippen LogP contribution in [-0.2, 0) is 22.9 Å². The second kappa shape index (κ2) is 13.4. The minimum absolute atomic E-state index is 0.178. The van der Waals surface area contributed by atoms with E-state index in [2.05, 4.69) is 91.0 Å². The predicted molar refractivity (Wildman–Crippen MR) is 127 cm³/mol. The average molecular weight is 523 g/mol. The fraction of sp³-hybridized carbons (Fsp3) is 0.154. The molecule has 0 unspecified atom stereocenters. The molecule has 3 rings (SSSR count). The molecule has 31 heavy (non-hydrogen) atoms. The maximum absolute atomic E-state index is 9.90. The molecule has 0 aliphatic heterocycles. The first-order valence-corrected chi connectivity index (χ1v) is 17.2. The Morgan fingerprint density at radius 3 is 1.23 bits per heavy atom. The zero-order valence-corrected chi connectivity index (χ0v) is 20.9. The maximum atomic E-state index is 9.90. The van der Waals surface area contributed by atoms with Gasteiger partial charge in [0.2, 0.25) is 0 Å². The Labute approximate surface area is 190 Å². The Kier molecular flexibility index (Phi) is 10.6. The Hall–Kier alpha value is -2.86. The summed E-state index contributed by atoms with van der Waals surface area (Å²) in [6.45, 7) is 1.22. The van der Waals surface area contributed by atoms with Gasteiger partial charge in [0.25, 0.3) is 0 Å². The molecule has 0 heterocycles. The third-order valence-electron chi connectivity index (χ3n) is 4.78. The third kappa shape index (κ3) is 10.1. The second-order valence-electron chi connectivity index (χ2n) is 7.41. The van der Waals surface area contributed by atoms with Crippen molar-refractivity contribution in [2.75, 3.05) is 0 Å². The van der Waals surface area contributed by atoms with Gasteiger partial charge in [0, 0.05) is 11.6 Å². The fourth-order valence-corrected chi connectivity index (χ4v) is 12.6. The van der Waals surface area contributed by atoms with Crippen molar-refractivity contribution in [1.29, 1.82) is 0 Å². The van der Waals surface area contributed by atoms with Crippen molar-refractivity contribution >= 4 is 31.7 Å². The molecular weight excluding hydrogens is 495 g/mol. The number of carbonyl (C=O) groups is 2. The Morgan fingerprint density at radius 1 is 0.677 bits per heavy atom. The van der Waals surface area contributed by atoms with Gasteiger partial charge in [0.1, 0.15) is 0 Å². The summed E-state index contributed by atoms with van der Waals surface area (Å²) < 4.78 is 4.02. The topological polar surface area (TPSA) is 74.6 Å². The van der Waals surface area contributed by atoms with Crippen LogP contribution in [0.1, 0.15) is 23.6 Å². The van der Waals surface area contributed by atoms with Crippen LogP contribution >= 0.6 is 0 Å². The van der Waals surface area contributed by atoms with E-state index in [1.807, 2.05) is 0 Å². The van der Waals surface area contributed by atoms with E-state index < -0.39 is 31.7 Å². The molecule has 0 spiro atoms. The molecule has 0 saturated heterocycles. The third-order valence-corrected chi connectivity index (χ3v) is 13.8. The van der Waals surface area contributed by atoms with Gasteiger partial charge in [-0.1, -0.05) is 0 Å². The van der Waals surface area contributed by atoms with Gasteiger partial charge in [-0.3, -0.25) is 0 Å². The van der Waals surface area contributed by atoms with E-state index in [4.69, 9.17) is 10.2 Å². The molecule has 4 nitrogen and oxygen atoms in total. The summed E-state index contributed by atoms with van der Waals surface area (Å²) in [6.07, 6.45) is 0.641. The molecule has 0 fully saturated rings. The molecule has 3 aromatic rings. The molecule has 0 saturated carbocycles. The molecule has 0 radical (unpaired) electrons. The van der Waals surface area contributed by atoms with E-state index in [1.165, 1.54) is 36.9 Å². The van der Waals surface area contributed by atoms with Crippen LogP contribution in [0.3, 0.4) is 0 Å². The number of aliphatic carboxylic acids is 2. The summed E-state index contributed by atoms with van der Waals surface area (Å²) in [7, 11) is 0. The van der Waals surface area contributed by atoms with Crippen molar-refractivity contribution in [3.8, 4) is 0 Å². The van der Waals surface area contributed by atoms with Crippen molar-refractivity contribution in [2.45, 2.75) is 20.2 Å². The van der Waals surface area contributed by atoms with Gasteiger partial charge in [-0.2, -0.15) is 0 Å². The Morgan fingerprint density at radius 2 is 1.00 bits per heavy atom. The first-order chi connectivity index (χ1) is 14.9. The quantitative estimate of drug-likeness (QED) is 0.333. The van der Waals surface area contributed by atoms with Crippen molar-refractivity contribution < 1.29 is 19.8 Å². The van der Waals surface area contributed by atoms with E-state index in [1.54, 1.807) is 0 Å². The van der Waals surface area contributed by atoms with Crippen LogP contribution in [0, 0.1) is 0 Å². The number of carboxylic acids is 2. The molecule has 0 amide bonds. The van der Waals surface area contributed by atoms with Crippen molar-refractivity contribution in [3.05, 3.63) is 119 Å². The summed E-state index contributed by atoms with van der Waals surface area (Å²) >= 11 is -1.70. The number of hydrogen-bond donors (Lipinski definition) is 2. The van der Waals surface area contributed by atoms with Crippen molar-refractivity contribution in [3.63, 3.8) is 0 Å². The summed E-state index contributed by atoms with van der Waals surface area (Å²) in [5.74, 6) is -2.45. The predicted octanol–water partition coefficient (Wildman–Crippen LogP) is 4.66. The van der Waals surface area contributed by atoms with E-state index in [9.17, 15) is 9.59 Å². The van der Waals surface area contributed by atoms with Crippen LogP contribution in [0.15, 0.2) is 103 Å². The standard InChI is InChI=1S/3C7H7.C5H6O4.Sn.H/c3*1-7-5-3-2-4-6-7;1-3(5(8)9)2-4(6)7;;/h3*2-6H,1H2;2H,1H3,(H,6,7)(H,8,9);;/b;;;3-2-;;. The molecule has 0 bridgehead atoms. The van der Waals surface area contributed by atoms with Gasteiger partial charge in [0.05, 0.1) is 0 Å². The molecule has 2 N–H and O–H groups in total. The molecule has 3 aromatic carbocycles. The minimum atomic E-state index is -1.70. The van der Waals surface area contributed by atoms with E-state index in [-0.39, 0.29) is 5.57 Å². The monoisotopic (exact) mass is 524 g/mol. The normalized spacial score (nSPS) is 10.8. The molecular formula is C26H28O4Sn. The average Bonchev–Trinajstić information content (AvgIpc) is 2.76. The van der Waals surface area contributed by atoms with Crippen LogP contribution in [0.25, 0.3) is 0 Å². The molecule has 0 aromatic heterocycles. The summed E-state index contributed by atoms with van der Waals surface area (Å²) in [4.78, 5) is 19.7. The SMILES string of the molecule is C/C(=C/C(=O)O)C(=O)O.c1ccc([CH2][SnH]([CH2]c2ccccc2)[CH2]c2ccccc2)cc1. The molecule has 160 valence electrons. The van der Waals surface area contributed by atoms with Crippen LogP contribution < -0.4 is 0 Å². The number of carboxylic acid groups (broad SMARTS) is 2. The first-order valence-electron chi connectivity index (χ1n) is 10.2. The Balaban J connectivity index is 0.000000323. The van der Waals surface area contributed by atoms with Gasteiger partial charge in [-0.25, -0.2) is 9.59 Å². The number of rotatable bonds is 8. The Bertz CT molecular complexity index is 871. The fourth-order valence-electron chi connectivity index (χ4n) is 3.31. The summed E-state index contributed by atoms with van der Waals surface area (Å²) in [5.41, 5.74) is 4.39. The van der Waals surface area contributed by atoms with Gasteiger partial charge < -0.3 is 10.2 Å². The zero-order chi connectivity index (χ0) is 22.5. The van der Waals surface area contributed by atoms with Crippen LogP contribution in [-0.4, -0.2) is 41.9 Å².